The third kappa shape index (κ3) is 2.54. The number of amides is 1. The van der Waals surface area contributed by atoms with E-state index in [-0.39, 0.29) is 5.91 Å². The Morgan fingerprint density at radius 3 is 2.71 bits per heavy atom. The quantitative estimate of drug-likeness (QED) is 0.799. The first-order chi connectivity index (χ1) is 10.1. The summed E-state index contributed by atoms with van der Waals surface area (Å²) in [6, 6.07) is 1.97. The highest BCUT2D eigenvalue weighted by Gasteiger charge is 2.25. The van der Waals surface area contributed by atoms with E-state index >= 15 is 0 Å². The van der Waals surface area contributed by atoms with Crippen molar-refractivity contribution in [3.8, 4) is 0 Å². The lowest BCUT2D eigenvalue weighted by Gasteiger charge is -2.36. The van der Waals surface area contributed by atoms with Gasteiger partial charge in [-0.1, -0.05) is 0 Å². The van der Waals surface area contributed by atoms with Crippen LogP contribution in [0.4, 0.5) is 5.82 Å². The summed E-state index contributed by atoms with van der Waals surface area (Å²) in [5.74, 6) is 1.29. The average Bonchev–Trinajstić information content (AvgIpc) is 2.93. The normalized spacial score (nSPS) is 17.3. The number of anilines is 1. The lowest BCUT2D eigenvalue weighted by Crippen LogP contribution is -2.51. The fraction of sp³-hybridized carbons (Fsp3) is 0.538. The van der Waals surface area contributed by atoms with Gasteiger partial charge in [0.2, 0.25) is 0 Å². The molecule has 1 saturated heterocycles. The Balaban J connectivity index is 1.80. The predicted molar refractivity (Wildman–Crippen MR) is 76.0 cm³/mol. The van der Waals surface area contributed by atoms with Gasteiger partial charge in [-0.25, -0.2) is 4.98 Å². The van der Waals surface area contributed by atoms with E-state index in [9.17, 15) is 9.90 Å². The molecule has 2 aromatic heterocycles. The third-order valence-corrected chi connectivity index (χ3v) is 3.63. The van der Waals surface area contributed by atoms with E-state index in [1.54, 1.807) is 9.42 Å². The fourth-order valence-corrected chi connectivity index (χ4v) is 2.56. The van der Waals surface area contributed by atoms with Crippen LogP contribution in [0.1, 0.15) is 12.6 Å². The number of fused-ring (bicyclic) bond motifs is 1. The molecule has 0 radical (unpaired) electrons. The van der Waals surface area contributed by atoms with E-state index in [0.29, 0.717) is 32.0 Å². The van der Waals surface area contributed by atoms with Crippen LogP contribution in [0.5, 0.6) is 0 Å². The number of carbonyl (C=O) groups excluding carboxylic acids is 1. The van der Waals surface area contributed by atoms with E-state index in [1.807, 2.05) is 13.0 Å². The Labute approximate surface area is 122 Å². The van der Waals surface area contributed by atoms with E-state index < -0.39 is 6.10 Å². The molecule has 1 amide bonds. The summed E-state index contributed by atoms with van der Waals surface area (Å²) in [6.07, 6.45) is 0.542. The van der Waals surface area contributed by atoms with Gasteiger partial charge in [-0.05, 0) is 13.8 Å². The van der Waals surface area contributed by atoms with Crippen molar-refractivity contribution in [2.24, 2.45) is 0 Å². The fourth-order valence-electron chi connectivity index (χ4n) is 2.56. The Bertz CT molecular complexity index is 660. The molecule has 1 aliphatic rings. The lowest BCUT2D eigenvalue weighted by atomic mass is 10.2. The van der Waals surface area contributed by atoms with Gasteiger partial charge in [0.15, 0.2) is 0 Å². The van der Waals surface area contributed by atoms with E-state index in [2.05, 4.69) is 20.0 Å². The van der Waals surface area contributed by atoms with E-state index in [4.69, 9.17) is 0 Å². The molecular formula is C13H18N6O2. The number of rotatable bonds is 2. The number of hydrogen-bond donors (Lipinski definition) is 1. The monoisotopic (exact) mass is 290 g/mol. The minimum Gasteiger partial charge on any atom is -0.384 e. The largest absolute Gasteiger partial charge is 0.384 e. The van der Waals surface area contributed by atoms with Gasteiger partial charge >= 0.3 is 0 Å². The van der Waals surface area contributed by atoms with Crippen LogP contribution >= 0.6 is 0 Å². The molecule has 8 heteroatoms. The number of aliphatic hydroxyl groups excluding tert-OH is 1. The zero-order chi connectivity index (χ0) is 15.0. The second kappa shape index (κ2) is 5.28. The summed E-state index contributed by atoms with van der Waals surface area (Å²) in [4.78, 5) is 24.1. The van der Waals surface area contributed by atoms with Crippen LogP contribution in [-0.4, -0.2) is 67.8 Å². The third-order valence-electron chi connectivity index (χ3n) is 3.63. The van der Waals surface area contributed by atoms with Crippen molar-refractivity contribution in [1.29, 1.82) is 0 Å². The van der Waals surface area contributed by atoms with Crippen LogP contribution in [0.2, 0.25) is 0 Å². The van der Waals surface area contributed by atoms with Crippen LogP contribution in [0.15, 0.2) is 12.4 Å². The van der Waals surface area contributed by atoms with Crippen molar-refractivity contribution in [3.63, 3.8) is 0 Å². The first kappa shape index (κ1) is 13.7. The molecule has 1 fully saturated rings. The maximum atomic E-state index is 11.8. The minimum atomic E-state index is -0.943. The number of hydrogen-bond acceptors (Lipinski definition) is 6. The second-order valence-corrected chi connectivity index (χ2v) is 5.22. The highest BCUT2D eigenvalue weighted by atomic mass is 16.3. The molecule has 0 spiro atoms. The highest BCUT2D eigenvalue weighted by molar-refractivity contribution is 5.80. The van der Waals surface area contributed by atoms with Gasteiger partial charge in [0.05, 0.1) is 0 Å². The molecule has 1 atom stereocenters. The Morgan fingerprint density at radius 2 is 2.05 bits per heavy atom. The molecule has 21 heavy (non-hydrogen) atoms. The van der Waals surface area contributed by atoms with Crippen molar-refractivity contribution in [3.05, 3.63) is 18.1 Å². The standard InChI is InChI=1S/C13H18N6O2/c1-9-7-11(19-13(16-9)14-8-15-19)17-3-5-18(6-4-17)12(21)10(2)20/h7-8,10,20H,3-6H2,1-2H3. The summed E-state index contributed by atoms with van der Waals surface area (Å²) in [5, 5.41) is 13.6. The van der Waals surface area contributed by atoms with Gasteiger partial charge in [0.1, 0.15) is 18.2 Å². The molecular weight excluding hydrogens is 272 g/mol. The van der Waals surface area contributed by atoms with E-state index in [0.717, 1.165) is 11.5 Å². The Hall–Kier alpha value is -2.22. The predicted octanol–water partition coefficient (Wildman–Crippen LogP) is -0.538. The van der Waals surface area contributed by atoms with Gasteiger partial charge in [0, 0.05) is 37.9 Å². The summed E-state index contributed by atoms with van der Waals surface area (Å²) < 4.78 is 1.71. The number of aromatic nitrogens is 4. The minimum absolute atomic E-state index is 0.216. The molecule has 1 aliphatic heterocycles. The average molecular weight is 290 g/mol. The van der Waals surface area contributed by atoms with Crippen LogP contribution < -0.4 is 4.90 Å². The number of nitrogens with zero attached hydrogens (tertiary/aromatic N) is 6. The second-order valence-electron chi connectivity index (χ2n) is 5.22. The van der Waals surface area contributed by atoms with Crippen molar-refractivity contribution < 1.29 is 9.90 Å². The summed E-state index contributed by atoms with van der Waals surface area (Å²) in [7, 11) is 0. The van der Waals surface area contributed by atoms with Gasteiger partial charge < -0.3 is 14.9 Å². The maximum Gasteiger partial charge on any atom is 0.254 e. The smallest absolute Gasteiger partial charge is 0.254 e. The van der Waals surface area contributed by atoms with Crippen molar-refractivity contribution in [2.75, 3.05) is 31.1 Å². The molecule has 0 bridgehead atoms. The molecule has 0 saturated carbocycles. The zero-order valence-corrected chi connectivity index (χ0v) is 12.1. The van der Waals surface area contributed by atoms with Crippen LogP contribution in [0.25, 0.3) is 5.78 Å². The Kier molecular flexibility index (Phi) is 3.46. The maximum absolute atomic E-state index is 11.8. The zero-order valence-electron chi connectivity index (χ0n) is 12.1. The molecule has 3 heterocycles. The molecule has 0 aromatic carbocycles. The molecule has 1 unspecified atom stereocenters. The molecule has 2 aromatic rings. The van der Waals surface area contributed by atoms with Crippen LogP contribution in [0.3, 0.4) is 0 Å². The van der Waals surface area contributed by atoms with Crippen LogP contribution in [-0.2, 0) is 4.79 Å². The topological polar surface area (TPSA) is 86.9 Å². The highest BCUT2D eigenvalue weighted by Crippen LogP contribution is 2.18. The van der Waals surface area contributed by atoms with Gasteiger partial charge in [-0.2, -0.15) is 14.6 Å². The summed E-state index contributed by atoms with van der Waals surface area (Å²) >= 11 is 0. The molecule has 0 aliphatic carbocycles. The first-order valence-electron chi connectivity index (χ1n) is 6.95. The van der Waals surface area contributed by atoms with Crippen molar-refractivity contribution >= 4 is 17.5 Å². The van der Waals surface area contributed by atoms with Crippen molar-refractivity contribution in [1.82, 2.24) is 24.5 Å². The number of aryl methyl sites for hydroxylation is 1. The molecule has 3 rings (SSSR count). The molecule has 1 N–H and O–H groups in total. The number of piperazine rings is 1. The van der Waals surface area contributed by atoms with Gasteiger partial charge in [-0.15, -0.1) is 0 Å². The number of carbonyl (C=O) groups is 1. The van der Waals surface area contributed by atoms with Gasteiger partial charge in [-0.3, -0.25) is 4.79 Å². The molecule has 8 nitrogen and oxygen atoms in total. The van der Waals surface area contributed by atoms with Crippen LogP contribution in [0, 0.1) is 6.92 Å². The number of aliphatic hydroxyl groups is 1. The van der Waals surface area contributed by atoms with Gasteiger partial charge in [0.25, 0.3) is 11.7 Å². The van der Waals surface area contributed by atoms with E-state index in [1.165, 1.54) is 13.3 Å². The SMILES string of the molecule is Cc1cc(N2CCN(C(=O)C(C)O)CC2)n2ncnc2n1. The summed E-state index contributed by atoms with van der Waals surface area (Å²) in [6.45, 7) is 5.97. The Morgan fingerprint density at radius 1 is 1.33 bits per heavy atom. The van der Waals surface area contributed by atoms with Crippen molar-refractivity contribution in [2.45, 2.75) is 20.0 Å². The first-order valence-corrected chi connectivity index (χ1v) is 6.95. The molecule has 112 valence electrons. The lowest BCUT2D eigenvalue weighted by molar-refractivity contribution is -0.139. The summed E-state index contributed by atoms with van der Waals surface area (Å²) in [5.41, 5.74) is 0.882.